The molecule has 1 amide bonds. The highest BCUT2D eigenvalue weighted by molar-refractivity contribution is 5.71. The van der Waals surface area contributed by atoms with E-state index < -0.39 is 29.6 Å². The molecule has 0 aliphatic carbocycles. The SMILES string of the molecule is C=C/C(CN(CCC(F)c1cccc(C(F)(F)F)c1)C(=O)OC(C)(C)C)=c1/ccccc1=C. The molecule has 0 spiro atoms. The highest BCUT2D eigenvalue weighted by atomic mass is 19.4. The van der Waals surface area contributed by atoms with Crippen molar-refractivity contribution >= 4 is 18.2 Å². The second-order valence-electron chi connectivity index (χ2n) is 8.67. The minimum atomic E-state index is -4.56. The number of rotatable bonds is 7. The zero-order valence-corrected chi connectivity index (χ0v) is 19.1. The molecule has 0 fully saturated rings. The number of ether oxygens (including phenoxy) is 1. The van der Waals surface area contributed by atoms with Gasteiger partial charge in [-0.15, -0.1) is 0 Å². The molecule has 2 rings (SSSR count). The van der Waals surface area contributed by atoms with E-state index in [-0.39, 0.29) is 25.1 Å². The van der Waals surface area contributed by atoms with Gasteiger partial charge in [-0.1, -0.05) is 55.6 Å². The van der Waals surface area contributed by atoms with Gasteiger partial charge in [0.15, 0.2) is 0 Å². The third-order valence-electron chi connectivity index (χ3n) is 4.85. The summed E-state index contributed by atoms with van der Waals surface area (Å²) in [5.74, 6) is 0. The molecule has 33 heavy (non-hydrogen) atoms. The average molecular weight is 464 g/mol. The monoisotopic (exact) mass is 463 g/mol. The fraction of sp³-hybridized carbons (Fsp3) is 0.346. The first-order valence-corrected chi connectivity index (χ1v) is 10.5. The van der Waals surface area contributed by atoms with E-state index in [0.717, 1.165) is 22.6 Å². The van der Waals surface area contributed by atoms with Gasteiger partial charge in [-0.2, -0.15) is 13.2 Å². The maximum atomic E-state index is 14.9. The van der Waals surface area contributed by atoms with Crippen LogP contribution in [0.25, 0.3) is 12.2 Å². The van der Waals surface area contributed by atoms with Crippen molar-refractivity contribution < 1.29 is 27.1 Å². The van der Waals surface area contributed by atoms with Crippen LogP contribution < -0.4 is 10.4 Å². The third-order valence-corrected chi connectivity index (χ3v) is 4.85. The van der Waals surface area contributed by atoms with E-state index >= 15 is 0 Å². The van der Waals surface area contributed by atoms with Crippen LogP contribution in [-0.2, 0) is 10.9 Å². The van der Waals surface area contributed by atoms with Crippen LogP contribution >= 0.6 is 0 Å². The summed E-state index contributed by atoms with van der Waals surface area (Å²) in [5.41, 5.74) is -1.09. The Morgan fingerprint density at radius 2 is 1.79 bits per heavy atom. The van der Waals surface area contributed by atoms with Gasteiger partial charge in [0, 0.05) is 19.5 Å². The minimum Gasteiger partial charge on any atom is -0.444 e. The predicted octanol–water partition coefficient (Wildman–Crippen LogP) is 5.79. The Balaban J connectivity index is 2.29. The molecule has 2 aromatic carbocycles. The first-order valence-electron chi connectivity index (χ1n) is 10.5. The number of nitrogens with zero attached hydrogens (tertiary/aromatic N) is 1. The van der Waals surface area contributed by atoms with Gasteiger partial charge in [0.2, 0.25) is 0 Å². The van der Waals surface area contributed by atoms with Crippen molar-refractivity contribution in [1.29, 1.82) is 0 Å². The van der Waals surface area contributed by atoms with Crippen LogP contribution in [0.2, 0.25) is 0 Å². The topological polar surface area (TPSA) is 29.5 Å². The highest BCUT2D eigenvalue weighted by Crippen LogP contribution is 2.32. The number of hydrogen-bond acceptors (Lipinski definition) is 2. The Bertz CT molecular complexity index is 1090. The standard InChI is InChI=1S/C26H29F4NO2/c1-6-19(22-13-8-7-10-18(22)2)17-31(24(32)33-25(3,4)5)15-14-23(27)20-11-9-12-21(16-20)26(28,29)30/h6-13,16,23H,1-2,14-15,17H2,3-5H3/b22-19+. The molecule has 0 N–H and O–H groups in total. The average Bonchev–Trinajstić information content (AvgIpc) is 2.72. The van der Waals surface area contributed by atoms with Crippen molar-refractivity contribution in [2.75, 3.05) is 13.1 Å². The van der Waals surface area contributed by atoms with Crippen LogP contribution in [0.4, 0.5) is 22.4 Å². The summed E-state index contributed by atoms with van der Waals surface area (Å²) >= 11 is 0. The maximum absolute atomic E-state index is 14.9. The molecule has 3 nitrogen and oxygen atoms in total. The molecule has 0 heterocycles. The Kier molecular flexibility index (Phi) is 8.47. The first kappa shape index (κ1) is 26.2. The fourth-order valence-corrected chi connectivity index (χ4v) is 3.21. The number of alkyl halides is 4. The van der Waals surface area contributed by atoms with Gasteiger partial charge in [0.05, 0.1) is 5.56 Å². The normalized spacial score (nSPS) is 13.8. The summed E-state index contributed by atoms with van der Waals surface area (Å²) in [6.07, 6.45) is -5.50. The summed E-state index contributed by atoms with van der Waals surface area (Å²) in [6, 6.07) is 11.5. The molecule has 1 atom stereocenters. The minimum absolute atomic E-state index is 0.0665. The largest absolute Gasteiger partial charge is 0.444 e. The summed E-state index contributed by atoms with van der Waals surface area (Å²) in [6.45, 7) is 13.0. The first-order chi connectivity index (χ1) is 15.3. The lowest BCUT2D eigenvalue weighted by atomic mass is 10.0. The molecule has 0 bridgehead atoms. The van der Waals surface area contributed by atoms with Crippen LogP contribution in [0.5, 0.6) is 0 Å². The quantitative estimate of drug-likeness (QED) is 0.487. The molecule has 0 aromatic heterocycles. The predicted molar refractivity (Wildman–Crippen MR) is 123 cm³/mol. The molecule has 0 radical (unpaired) electrons. The van der Waals surface area contributed by atoms with Gasteiger partial charge in [0.25, 0.3) is 0 Å². The Morgan fingerprint density at radius 1 is 1.12 bits per heavy atom. The van der Waals surface area contributed by atoms with E-state index in [0.29, 0.717) is 5.57 Å². The van der Waals surface area contributed by atoms with Gasteiger partial charge in [-0.05, 0) is 54.5 Å². The number of carbonyl (C=O) groups excluding carboxylic acids is 1. The molecule has 7 heteroatoms. The van der Waals surface area contributed by atoms with Crippen LogP contribution in [-0.4, -0.2) is 29.7 Å². The van der Waals surface area contributed by atoms with Crippen molar-refractivity contribution in [3.63, 3.8) is 0 Å². The third kappa shape index (κ3) is 7.77. The number of carbonyl (C=O) groups is 1. The van der Waals surface area contributed by atoms with Crippen molar-refractivity contribution in [1.82, 2.24) is 4.90 Å². The smallest absolute Gasteiger partial charge is 0.416 e. The molecule has 0 saturated carbocycles. The molecule has 178 valence electrons. The van der Waals surface area contributed by atoms with E-state index in [9.17, 15) is 22.4 Å². The summed E-state index contributed by atoms with van der Waals surface area (Å²) < 4.78 is 59.3. The lowest BCUT2D eigenvalue weighted by Gasteiger charge is -2.28. The van der Waals surface area contributed by atoms with Crippen molar-refractivity contribution in [2.24, 2.45) is 0 Å². The second kappa shape index (κ2) is 10.7. The van der Waals surface area contributed by atoms with E-state index in [2.05, 4.69) is 13.2 Å². The van der Waals surface area contributed by atoms with Crippen LogP contribution in [0.3, 0.4) is 0 Å². The molecular weight excluding hydrogens is 434 g/mol. The van der Waals surface area contributed by atoms with Gasteiger partial charge < -0.3 is 9.64 Å². The number of halogens is 4. The van der Waals surface area contributed by atoms with Gasteiger partial charge >= 0.3 is 12.3 Å². The fourth-order valence-electron chi connectivity index (χ4n) is 3.21. The van der Waals surface area contributed by atoms with Crippen molar-refractivity contribution in [3.8, 4) is 0 Å². The summed E-state index contributed by atoms with van der Waals surface area (Å²) in [4.78, 5) is 14.2. The molecule has 1 unspecified atom stereocenters. The van der Waals surface area contributed by atoms with Crippen molar-refractivity contribution in [2.45, 2.75) is 45.1 Å². The van der Waals surface area contributed by atoms with Gasteiger partial charge in [-0.25, -0.2) is 9.18 Å². The second-order valence-corrected chi connectivity index (χ2v) is 8.67. The van der Waals surface area contributed by atoms with Crippen molar-refractivity contribution in [3.05, 3.63) is 82.8 Å². The van der Waals surface area contributed by atoms with Crippen LogP contribution in [0, 0.1) is 0 Å². The molecular formula is C26H29F4NO2. The Morgan fingerprint density at radius 3 is 2.36 bits per heavy atom. The zero-order chi connectivity index (χ0) is 24.8. The molecule has 2 aromatic rings. The number of benzene rings is 2. The Labute approximate surface area is 191 Å². The molecule has 0 aliphatic rings. The van der Waals surface area contributed by atoms with Gasteiger partial charge in [0.1, 0.15) is 11.8 Å². The van der Waals surface area contributed by atoms with Crippen LogP contribution in [0.15, 0.2) is 61.2 Å². The Hall–Kier alpha value is -3.09. The van der Waals surface area contributed by atoms with E-state index in [1.54, 1.807) is 26.8 Å². The van der Waals surface area contributed by atoms with E-state index in [1.165, 1.54) is 17.0 Å². The highest BCUT2D eigenvalue weighted by Gasteiger charge is 2.31. The van der Waals surface area contributed by atoms with E-state index in [4.69, 9.17) is 4.74 Å². The lowest BCUT2D eigenvalue weighted by molar-refractivity contribution is -0.137. The number of hydrogen-bond donors (Lipinski definition) is 0. The summed E-state index contributed by atoms with van der Waals surface area (Å²) in [5, 5.41) is 1.53. The molecule has 0 saturated heterocycles. The molecule has 0 aliphatic heterocycles. The summed E-state index contributed by atoms with van der Waals surface area (Å²) in [7, 11) is 0. The zero-order valence-electron chi connectivity index (χ0n) is 19.1. The van der Waals surface area contributed by atoms with Crippen LogP contribution in [0.1, 0.15) is 44.5 Å². The van der Waals surface area contributed by atoms with Gasteiger partial charge in [-0.3, -0.25) is 0 Å². The van der Waals surface area contributed by atoms with E-state index in [1.807, 2.05) is 24.3 Å². The number of amides is 1. The lowest BCUT2D eigenvalue weighted by Crippen LogP contribution is -2.40. The maximum Gasteiger partial charge on any atom is 0.416 e.